The molecule has 2 aliphatic heterocycles. The van der Waals surface area contributed by atoms with Crippen molar-refractivity contribution in [1.82, 2.24) is 14.9 Å². The maximum Gasteiger partial charge on any atom is 0.147 e. The van der Waals surface area contributed by atoms with Gasteiger partial charge in [0, 0.05) is 38.1 Å². The van der Waals surface area contributed by atoms with Crippen LogP contribution in [0.2, 0.25) is 0 Å². The molecule has 0 radical (unpaired) electrons. The molecule has 1 aromatic heterocycles. The highest BCUT2D eigenvalue weighted by atomic mass is 15.2. The van der Waals surface area contributed by atoms with Crippen molar-refractivity contribution in [2.75, 3.05) is 31.1 Å². The monoisotopic (exact) mass is 274 g/mol. The first kappa shape index (κ1) is 13.8. The van der Waals surface area contributed by atoms with Gasteiger partial charge in [0.25, 0.3) is 0 Å². The highest BCUT2D eigenvalue weighted by molar-refractivity contribution is 5.35. The first-order chi connectivity index (χ1) is 9.83. The molecule has 0 bridgehead atoms. The summed E-state index contributed by atoms with van der Waals surface area (Å²) in [5.41, 5.74) is 0. The Labute approximate surface area is 122 Å². The predicted molar refractivity (Wildman–Crippen MR) is 81.9 cm³/mol. The van der Waals surface area contributed by atoms with Gasteiger partial charge in [0.2, 0.25) is 0 Å². The normalized spacial score (nSPS) is 28.6. The molecule has 20 heavy (non-hydrogen) atoms. The second-order valence-electron chi connectivity index (χ2n) is 6.36. The lowest BCUT2D eigenvalue weighted by atomic mass is 9.95. The molecule has 2 aliphatic rings. The van der Waals surface area contributed by atoms with E-state index in [4.69, 9.17) is 0 Å². The summed E-state index contributed by atoms with van der Waals surface area (Å²) in [5.74, 6) is 1.83. The van der Waals surface area contributed by atoms with Gasteiger partial charge in [-0.05, 0) is 45.1 Å². The van der Waals surface area contributed by atoms with Crippen LogP contribution in [0, 0.1) is 5.92 Å². The van der Waals surface area contributed by atoms with Crippen molar-refractivity contribution in [1.29, 1.82) is 0 Å². The smallest absolute Gasteiger partial charge is 0.147 e. The molecule has 0 unspecified atom stereocenters. The van der Waals surface area contributed by atoms with Crippen LogP contribution >= 0.6 is 0 Å². The first-order valence-electron chi connectivity index (χ1n) is 8.08. The lowest BCUT2D eigenvalue weighted by Gasteiger charge is -2.39. The second-order valence-corrected chi connectivity index (χ2v) is 6.36. The molecule has 0 spiro atoms. The summed E-state index contributed by atoms with van der Waals surface area (Å²) < 4.78 is 0. The van der Waals surface area contributed by atoms with E-state index in [1.807, 2.05) is 6.20 Å². The van der Waals surface area contributed by atoms with E-state index in [9.17, 15) is 0 Å². The highest BCUT2D eigenvalue weighted by Crippen LogP contribution is 2.24. The van der Waals surface area contributed by atoms with Gasteiger partial charge in [-0.25, -0.2) is 4.98 Å². The molecule has 0 amide bonds. The fraction of sp³-hybridized carbons (Fsp3) is 0.750. The third-order valence-corrected chi connectivity index (χ3v) is 4.83. The molecule has 0 saturated carbocycles. The van der Waals surface area contributed by atoms with Crippen molar-refractivity contribution >= 4 is 5.82 Å². The van der Waals surface area contributed by atoms with Gasteiger partial charge in [-0.1, -0.05) is 6.42 Å². The molecule has 3 heterocycles. The van der Waals surface area contributed by atoms with Crippen LogP contribution in [0.4, 0.5) is 5.82 Å². The zero-order valence-corrected chi connectivity index (χ0v) is 12.5. The van der Waals surface area contributed by atoms with Crippen LogP contribution < -0.4 is 4.90 Å². The Bertz CT molecular complexity index is 408. The maximum absolute atomic E-state index is 4.45. The second kappa shape index (κ2) is 6.53. The Morgan fingerprint density at radius 1 is 1.15 bits per heavy atom. The molecule has 0 aromatic carbocycles. The predicted octanol–water partition coefficient (Wildman–Crippen LogP) is 2.57. The number of hydrogen-bond acceptors (Lipinski definition) is 4. The van der Waals surface area contributed by atoms with Crippen molar-refractivity contribution in [3.8, 4) is 0 Å². The number of rotatable bonds is 3. The van der Waals surface area contributed by atoms with Crippen molar-refractivity contribution in [2.45, 2.75) is 45.1 Å². The molecule has 2 atom stereocenters. The fourth-order valence-electron chi connectivity index (χ4n) is 3.64. The fourth-order valence-corrected chi connectivity index (χ4v) is 3.64. The van der Waals surface area contributed by atoms with Crippen LogP contribution in [0.5, 0.6) is 0 Å². The van der Waals surface area contributed by atoms with E-state index in [1.165, 1.54) is 45.2 Å². The standard InChI is InChI=1S/C16H26N4/c1-14-5-2-3-9-19(14)12-15-6-4-10-20(13-15)16-11-17-7-8-18-16/h7-8,11,14-15H,2-6,9-10,12-13H2,1H3/t14-,15-/m1/s1. The molecule has 3 rings (SSSR count). The third kappa shape index (κ3) is 3.29. The quantitative estimate of drug-likeness (QED) is 0.848. The van der Waals surface area contributed by atoms with Crippen molar-refractivity contribution in [2.24, 2.45) is 5.92 Å². The van der Waals surface area contributed by atoms with Gasteiger partial charge in [-0.15, -0.1) is 0 Å². The number of anilines is 1. The molecule has 1 aromatic rings. The molecular weight excluding hydrogens is 248 g/mol. The van der Waals surface area contributed by atoms with Crippen molar-refractivity contribution < 1.29 is 0 Å². The summed E-state index contributed by atoms with van der Waals surface area (Å²) in [6.45, 7) is 7.22. The Balaban J connectivity index is 1.58. The number of hydrogen-bond donors (Lipinski definition) is 0. The van der Waals surface area contributed by atoms with Crippen molar-refractivity contribution in [3.05, 3.63) is 18.6 Å². The molecule has 110 valence electrons. The molecule has 4 nitrogen and oxygen atoms in total. The molecule has 2 fully saturated rings. The van der Waals surface area contributed by atoms with E-state index in [0.29, 0.717) is 0 Å². The largest absolute Gasteiger partial charge is 0.355 e. The Kier molecular flexibility index (Phi) is 4.51. The summed E-state index contributed by atoms with van der Waals surface area (Å²) in [6.07, 6.45) is 12.3. The zero-order valence-electron chi connectivity index (χ0n) is 12.5. The lowest BCUT2D eigenvalue weighted by Crippen LogP contribution is -2.45. The number of likely N-dealkylation sites (tertiary alicyclic amines) is 1. The number of piperidine rings is 2. The molecular formula is C16H26N4. The Morgan fingerprint density at radius 2 is 2.10 bits per heavy atom. The van der Waals surface area contributed by atoms with Crippen LogP contribution in [0.3, 0.4) is 0 Å². The van der Waals surface area contributed by atoms with Gasteiger partial charge in [0.1, 0.15) is 5.82 Å². The van der Waals surface area contributed by atoms with Gasteiger partial charge < -0.3 is 9.80 Å². The van der Waals surface area contributed by atoms with E-state index in [0.717, 1.165) is 30.9 Å². The minimum absolute atomic E-state index is 0.774. The third-order valence-electron chi connectivity index (χ3n) is 4.83. The summed E-state index contributed by atoms with van der Waals surface area (Å²) in [7, 11) is 0. The topological polar surface area (TPSA) is 32.3 Å². The van der Waals surface area contributed by atoms with E-state index >= 15 is 0 Å². The summed E-state index contributed by atoms with van der Waals surface area (Å²) >= 11 is 0. The lowest BCUT2D eigenvalue weighted by molar-refractivity contribution is 0.130. The van der Waals surface area contributed by atoms with Gasteiger partial charge in [-0.2, -0.15) is 0 Å². The minimum Gasteiger partial charge on any atom is -0.355 e. The average Bonchev–Trinajstić information content (AvgIpc) is 2.51. The Hall–Kier alpha value is -1.16. The molecule has 0 aliphatic carbocycles. The number of nitrogens with zero attached hydrogens (tertiary/aromatic N) is 4. The molecule has 0 N–H and O–H groups in total. The van der Waals surface area contributed by atoms with Gasteiger partial charge in [0.15, 0.2) is 0 Å². The van der Waals surface area contributed by atoms with Crippen LogP contribution in [-0.4, -0.2) is 47.1 Å². The number of aromatic nitrogens is 2. The van der Waals surface area contributed by atoms with Crippen LogP contribution in [-0.2, 0) is 0 Å². The first-order valence-corrected chi connectivity index (χ1v) is 8.08. The highest BCUT2D eigenvalue weighted by Gasteiger charge is 2.26. The SMILES string of the molecule is C[C@@H]1CCCCN1C[C@H]1CCCN(c2cnccn2)C1. The summed E-state index contributed by atoms with van der Waals surface area (Å²) in [6, 6.07) is 0.774. The summed E-state index contributed by atoms with van der Waals surface area (Å²) in [5, 5.41) is 0. The van der Waals surface area contributed by atoms with Crippen molar-refractivity contribution in [3.63, 3.8) is 0 Å². The minimum atomic E-state index is 0.774. The van der Waals surface area contributed by atoms with E-state index < -0.39 is 0 Å². The summed E-state index contributed by atoms with van der Waals surface area (Å²) in [4.78, 5) is 13.8. The molecule has 2 saturated heterocycles. The van der Waals surface area contributed by atoms with Crippen LogP contribution in [0.15, 0.2) is 18.6 Å². The van der Waals surface area contributed by atoms with Crippen LogP contribution in [0.1, 0.15) is 39.0 Å². The Morgan fingerprint density at radius 3 is 2.90 bits per heavy atom. The maximum atomic E-state index is 4.45. The van der Waals surface area contributed by atoms with E-state index in [-0.39, 0.29) is 0 Å². The van der Waals surface area contributed by atoms with Gasteiger partial charge in [0.05, 0.1) is 6.20 Å². The molecule has 4 heteroatoms. The van der Waals surface area contributed by atoms with Gasteiger partial charge >= 0.3 is 0 Å². The zero-order chi connectivity index (χ0) is 13.8. The van der Waals surface area contributed by atoms with E-state index in [2.05, 4.69) is 26.7 Å². The van der Waals surface area contributed by atoms with Gasteiger partial charge in [-0.3, -0.25) is 4.98 Å². The average molecular weight is 274 g/mol. The van der Waals surface area contributed by atoms with E-state index in [1.54, 1.807) is 12.4 Å². The van der Waals surface area contributed by atoms with Crippen LogP contribution in [0.25, 0.3) is 0 Å².